The Hall–Kier alpha value is -1.40. The molecule has 2 fully saturated rings. The van der Waals surface area contributed by atoms with Crippen LogP contribution < -0.4 is 5.32 Å². The number of aliphatic hydroxyl groups is 1. The number of nitrogens with one attached hydrogen (secondary N) is 1. The molecule has 0 bridgehead atoms. The van der Waals surface area contributed by atoms with E-state index in [9.17, 15) is 9.90 Å². The predicted octanol–water partition coefficient (Wildman–Crippen LogP) is 2.11. The smallest absolute Gasteiger partial charge is 0.255 e. The predicted molar refractivity (Wildman–Crippen MR) is 102 cm³/mol. The van der Waals surface area contributed by atoms with Gasteiger partial charge in [0.15, 0.2) is 5.60 Å². The summed E-state index contributed by atoms with van der Waals surface area (Å²) in [6.45, 7) is 5.32. The summed E-state index contributed by atoms with van der Waals surface area (Å²) in [5.41, 5.74) is -0.245. The first kappa shape index (κ1) is 19.4. The van der Waals surface area contributed by atoms with Crippen LogP contribution in [-0.2, 0) is 11.3 Å². The summed E-state index contributed by atoms with van der Waals surface area (Å²) < 4.78 is 1.88. The maximum atomic E-state index is 12.8. The highest BCUT2D eigenvalue weighted by atomic mass is 16.3. The van der Waals surface area contributed by atoms with Gasteiger partial charge < -0.3 is 15.3 Å². The van der Waals surface area contributed by atoms with Crippen molar-refractivity contribution in [2.24, 2.45) is 5.92 Å². The van der Waals surface area contributed by atoms with Crippen molar-refractivity contribution >= 4 is 5.91 Å². The molecule has 6 nitrogen and oxygen atoms in total. The molecule has 0 aromatic carbocycles. The Labute approximate surface area is 156 Å². The van der Waals surface area contributed by atoms with Crippen molar-refractivity contribution in [3.8, 4) is 0 Å². The van der Waals surface area contributed by atoms with E-state index in [1.54, 1.807) is 0 Å². The number of carbonyl (C=O) groups excluding carboxylic acids is 1. The molecule has 0 unspecified atom stereocenters. The lowest BCUT2D eigenvalue weighted by atomic mass is 9.86. The molecule has 2 N–H and O–H groups in total. The molecule has 1 aliphatic heterocycles. The van der Waals surface area contributed by atoms with Gasteiger partial charge in [-0.05, 0) is 38.2 Å². The number of aromatic nitrogens is 2. The van der Waals surface area contributed by atoms with Crippen molar-refractivity contribution in [1.29, 1.82) is 0 Å². The Morgan fingerprint density at radius 2 is 2.08 bits per heavy atom. The quantitative estimate of drug-likeness (QED) is 0.695. The van der Waals surface area contributed by atoms with E-state index in [4.69, 9.17) is 0 Å². The van der Waals surface area contributed by atoms with Crippen molar-refractivity contribution < 1.29 is 9.90 Å². The van der Waals surface area contributed by atoms with Crippen LogP contribution in [0.3, 0.4) is 0 Å². The molecule has 6 heteroatoms. The number of nitrogens with zero attached hydrogens (tertiary/aromatic N) is 3. The maximum absolute atomic E-state index is 12.8. The number of piperidine rings is 1. The zero-order chi connectivity index (χ0) is 18.4. The molecule has 26 heavy (non-hydrogen) atoms. The second-order valence-corrected chi connectivity index (χ2v) is 8.12. The lowest BCUT2D eigenvalue weighted by Gasteiger charge is -2.39. The van der Waals surface area contributed by atoms with Crippen LogP contribution in [0.15, 0.2) is 12.3 Å². The normalized spacial score (nSPS) is 25.0. The molecular formula is C20H34N4O2. The number of carbonyl (C=O) groups is 1. The van der Waals surface area contributed by atoms with Crippen molar-refractivity contribution in [3.05, 3.63) is 18.0 Å². The van der Waals surface area contributed by atoms with Crippen LogP contribution >= 0.6 is 0 Å². The van der Waals surface area contributed by atoms with Gasteiger partial charge in [-0.2, -0.15) is 5.10 Å². The highest BCUT2D eigenvalue weighted by Crippen LogP contribution is 2.28. The van der Waals surface area contributed by atoms with Crippen molar-refractivity contribution in [1.82, 2.24) is 20.0 Å². The maximum Gasteiger partial charge on any atom is 0.255 e. The summed E-state index contributed by atoms with van der Waals surface area (Å²) in [5, 5.41) is 18.5. The zero-order valence-corrected chi connectivity index (χ0v) is 16.1. The first-order chi connectivity index (χ1) is 12.6. The van der Waals surface area contributed by atoms with Gasteiger partial charge >= 0.3 is 0 Å². The number of aryl methyl sites for hydroxylation is 1. The van der Waals surface area contributed by atoms with Crippen LogP contribution in [0.25, 0.3) is 0 Å². The third kappa shape index (κ3) is 5.07. The number of amides is 1. The van der Waals surface area contributed by atoms with E-state index in [2.05, 4.69) is 10.4 Å². The summed E-state index contributed by atoms with van der Waals surface area (Å²) in [6, 6.07) is 1.97. The van der Waals surface area contributed by atoms with E-state index < -0.39 is 5.60 Å². The highest BCUT2D eigenvalue weighted by molar-refractivity contribution is 5.86. The van der Waals surface area contributed by atoms with Gasteiger partial charge in [0, 0.05) is 32.4 Å². The molecule has 1 aromatic heterocycles. The molecule has 3 rings (SSSR count). The molecule has 2 aliphatic rings. The van der Waals surface area contributed by atoms with E-state index in [-0.39, 0.29) is 5.91 Å². The summed E-state index contributed by atoms with van der Waals surface area (Å²) in [7, 11) is 0. The summed E-state index contributed by atoms with van der Waals surface area (Å²) in [6.07, 6.45) is 11.1. The molecule has 0 spiro atoms. The molecule has 1 saturated heterocycles. The topological polar surface area (TPSA) is 70.4 Å². The lowest BCUT2D eigenvalue weighted by molar-refractivity contribution is -0.156. The Morgan fingerprint density at radius 1 is 1.27 bits per heavy atom. The molecule has 1 aromatic rings. The van der Waals surface area contributed by atoms with Crippen LogP contribution in [-0.4, -0.2) is 57.5 Å². The van der Waals surface area contributed by atoms with Gasteiger partial charge in [-0.25, -0.2) is 0 Å². The molecule has 0 radical (unpaired) electrons. The third-order valence-electron chi connectivity index (χ3n) is 5.94. The molecule has 1 atom stereocenters. The van der Waals surface area contributed by atoms with Crippen molar-refractivity contribution in [3.63, 3.8) is 0 Å². The van der Waals surface area contributed by atoms with Gasteiger partial charge in [0.1, 0.15) is 0 Å². The molecular weight excluding hydrogens is 328 g/mol. The SMILES string of the molecule is Cc1ccn(CCNC[C@]2(O)CCCN(CCC3CCCCC3)C2=O)n1. The molecule has 1 saturated carbocycles. The minimum atomic E-state index is -1.25. The van der Waals surface area contributed by atoms with Crippen LogP contribution in [0.2, 0.25) is 0 Å². The minimum absolute atomic E-state index is 0.0815. The first-order valence-corrected chi connectivity index (χ1v) is 10.3. The van der Waals surface area contributed by atoms with E-state index in [0.29, 0.717) is 19.5 Å². The van der Waals surface area contributed by atoms with Crippen LogP contribution in [0, 0.1) is 12.8 Å². The van der Waals surface area contributed by atoms with Crippen LogP contribution in [0.5, 0.6) is 0 Å². The number of rotatable bonds is 8. The second-order valence-electron chi connectivity index (χ2n) is 8.12. The van der Waals surface area contributed by atoms with Gasteiger partial charge in [0.05, 0.1) is 12.2 Å². The Bertz CT molecular complexity index is 582. The van der Waals surface area contributed by atoms with Gasteiger partial charge in [0.2, 0.25) is 0 Å². The first-order valence-electron chi connectivity index (χ1n) is 10.3. The minimum Gasteiger partial charge on any atom is -0.379 e. The van der Waals surface area contributed by atoms with Crippen LogP contribution in [0.1, 0.15) is 57.1 Å². The summed E-state index contributed by atoms with van der Waals surface area (Å²) in [5.74, 6) is 0.684. The van der Waals surface area contributed by atoms with Gasteiger partial charge in [0.25, 0.3) is 5.91 Å². The molecule has 146 valence electrons. The van der Waals surface area contributed by atoms with E-state index in [0.717, 1.165) is 44.1 Å². The van der Waals surface area contributed by atoms with E-state index in [1.807, 2.05) is 28.8 Å². The Morgan fingerprint density at radius 3 is 2.81 bits per heavy atom. The standard InChI is InChI=1S/C20H34N4O2/c1-17-8-14-24(22-17)15-11-21-16-20(26)10-5-12-23(19(20)25)13-9-18-6-3-2-4-7-18/h8,14,18,21,26H,2-7,9-13,15-16H2,1H3/t20-/m1/s1. The Kier molecular flexibility index (Phi) is 6.70. The number of likely N-dealkylation sites (tertiary alicyclic amines) is 1. The second kappa shape index (κ2) is 9.00. The average molecular weight is 363 g/mol. The van der Waals surface area contributed by atoms with Crippen molar-refractivity contribution in [2.75, 3.05) is 26.2 Å². The van der Waals surface area contributed by atoms with Gasteiger partial charge in [-0.3, -0.25) is 9.48 Å². The molecule has 2 heterocycles. The fraction of sp³-hybridized carbons (Fsp3) is 0.800. The van der Waals surface area contributed by atoms with E-state index >= 15 is 0 Å². The average Bonchev–Trinajstić information content (AvgIpc) is 3.06. The number of hydrogen-bond acceptors (Lipinski definition) is 4. The van der Waals surface area contributed by atoms with Crippen molar-refractivity contribution in [2.45, 2.75) is 70.4 Å². The lowest BCUT2D eigenvalue weighted by Crippen LogP contribution is -2.58. The van der Waals surface area contributed by atoms with Crippen LogP contribution in [0.4, 0.5) is 0 Å². The van der Waals surface area contributed by atoms with Gasteiger partial charge in [-0.1, -0.05) is 32.1 Å². The highest BCUT2D eigenvalue weighted by Gasteiger charge is 2.41. The Balaban J connectivity index is 1.42. The molecule has 1 aliphatic carbocycles. The summed E-state index contributed by atoms with van der Waals surface area (Å²) in [4.78, 5) is 14.7. The fourth-order valence-corrected chi connectivity index (χ4v) is 4.33. The zero-order valence-electron chi connectivity index (χ0n) is 16.1. The summed E-state index contributed by atoms with van der Waals surface area (Å²) >= 11 is 0. The number of hydrogen-bond donors (Lipinski definition) is 2. The van der Waals surface area contributed by atoms with Gasteiger partial charge in [-0.15, -0.1) is 0 Å². The van der Waals surface area contributed by atoms with E-state index in [1.165, 1.54) is 32.1 Å². The third-order valence-corrected chi connectivity index (χ3v) is 5.94. The monoisotopic (exact) mass is 362 g/mol. The largest absolute Gasteiger partial charge is 0.379 e. The molecule has 1 amide bonds. The fourth-order valence-electron chi connectivity index (χ4n) is 4.33.